The van der Waals surface area contributed by atoms with Crippen molar-refractivity contribution in [1.29, 1.82) is 0 Å². The first-order valence-corrected chi connectivity index (χ1v) is 12.0. The van der Waals surface area contributed by atoms with Crippen LogP contribution in [0, 0.1) is 16.7 Å². The minimum Gasteiger partial charge on any atom is -0.493 e. The van der Waals surface area contributed by atoms with E-state index in [9.17, 15) is 0 Å². The fourth-order valence-electron chi connectivity index (χ4n) is 7.68. The predicted octanol–water partition coefficient (Wildman–Crippen LogP) is 6.77. The van der Waals surface area contributed by atoms with Gasteiger partial charge in [0.1, 0.15) is 6.61 Å². The van der Waals surface area contributed by atoms with Gasteiger partial charge in [0.05, 0.1) is 12.1 Å². The molecule has 1 N–H and O–H groups in total. The molecule has 2 aromatic rings. The van der Waals surface area contributed by atoms with Crippen LogP contribution in [0.3, 0.4) is 0 Å². The zero-order chi connectivity index (χ0) is 21.7. The van der Waals surface area contributed by atoms with E-state index in [1.165, 1.54) is 38.5 Å². The van der Waals surface area contributed by atoms with E-state index in [1.54, 1.807) is 7.11 Å². The van der Waals surface area contributed by atoms with Crippen LogP contribution in [-0.4, -0.2) is 12.6 Å². The molecule has 0 heterocycles. The highest BCUT2D eigenvalue weighted by atomic mass is 35.5. The SMILES string of the molecule is COc1cc(CNC23CC4C[C@@](C)(C2)C[C@](C)(C4)C3)cc(Cl)c1OCc1ccccc1. The van der Waals surface area contributed by atoms with Crippen LogP contribution in [0.4, 0.5) is 0 Å². The standard InChI is InChI=1S/C27H34ClNO2/c1-25-11-21-12-26(2,16-25)18-27(13-21,17-25)29-14-20-9-22(28)24(23(10-20)30-3)31-15-19-7-5-4-6-8-19/h4-10,21,29H,11-18H2,1-3H3/t21?,25-,26+,27?. The molecule has 31 heavy (non-hydrogen) atoms. The summed E-state index contributed by atoms with van der Waals surface area (Å²) in [6.45, 7) is 6.32. The number of benzene rings is 2. The van der Waals surface area contributed by atoms with E-state index in [-0.39, 0.29) is 5.54 Å². The van der Waals surface area contributed by atoms with Crippen LogP contribution >= 0.6 is 11.6 Å². The van der Waals surface area contributed by atoms with Crippen LogP contribution in [0.2, 0.25) is 5.02 Å². The fourth-order valence-corrected chi connectivity index (χ4v) is 7.97. The highest BCUT2D eigenvalue weighted by Crippen LogP contribution is 2.66. The number of rotatable bonds is 7. The molecule has 4 bridgehead atoms. The Bertz CT molecular complexity index is 941. The van der Waals surface area contributed by atoms with Crippen molar-refractivity contribution >= 4 is 11.6 Å². The zero-order valence-electron chi connectivity index (χ0n) is 19.0. The van der Waals surface area contributed by atoms with Crippen molar-refractivity contribution in [3.8, 4) is 11.5 Å². The van der Waals surface area contributed by atoms with Gasteiger partial charge in [0.25, 0.3) is 0 Å². The predicted molar refractivity (Wildman–Crippen MR) is 126 cm³/mol. The lowest BCUT2D eigenvalue weighted by atomic mass is 9.43. The Balaban J connectivity index is 1.31. The maximum absolute atomic E-state index is 6.65. The first-order valence-electron chi connectivity index (χ1n) is 11.6. The van der Waals surface area contributed by atoms with Gasteiger partial charge in [0, 0.05) is 12.1 Å². The van der Waals surface area contributed by atoms with E-state index in [1.807, 2.05) is 36.4 Å². The van der Waals surface area contributed by atoms with E-state index < -0.39 is 0 Å². The second kappa shape index (κ2) is 7.71. The van der Waals surface area contributed by atoms with Crippen LogP contribution in [-0.2, 0) is 13.2 Å². The molecule has 3 nitrogen and oxygen atoms in total. The Morgan fingerprint density at radius 3 is 2.32 bits per heavy atom. The average molecular weight is 440 g/mol. The van der Waals surface area contributed by atoms with Crippen LogP contribution in [0.15, 0.2) is 42.5 Å². The quantitative estimate of drug-likeness (QED) is 0.516. The van der Waals surface area contributed by atoms with E-state index in [2.05, 4.69) is 25.2 Å². The molecule has 0 aromatic heterocycles. The van der Waals surface area contributed by atoms with Gasteiger partial charge < -0.3 is 14.8 Å². The van der Waals surface area contributed by atoms with Gasteiger partial charge in [-0.2, -0.15) is 0 Å². The van der Waals surface area contributed by atoms with Gasteiger partial charge in [0.15, 0.2) is 11.5 Å². The normalized spacial score (nSPS) is 33.5. The Morgan fingerprint density at radius 2 is 1.68 bits per heavy atom. The molecular formula is C27H34ClNO2. The molecule has 0 aliphatic heterocycles. The maximum Gasteiger partial charge on any atom is 0.180 e. The maximum atomic E-state index is 6.65. The van der Waals surface area contributed by atoms with Gasteiger partial charge in [0.2, 0.25) is 0 Å². The smallest absolute Gasteiger partial charge is 0.180 e. The van der Waals surface area contributed by atoms with Crippen molar-refractivity contribution in [2.75, 3.05) is 7.11 Å². The summed E-state index contributed by atoms with van der Waals surface area (Å²) in [6, 6.07) is 14.2. The largest absolute Gasteiger partial charge is 0.493 e. The van der Waals surface area contributed by atoms with Gasteiger partial charge in [-0.1, -0.05) is 55.8 Å². The van der Waals surface area contributed by atoms with Crippen LogP contribution in [0.1, 0.15) is 63.5 Å². The zero-order valence-corrected chi connectivity index (χ0v) is 19.7. The molecule has 6 rings (SSSR count). The Kier molecular flexibility index (Phi) is 5.26. The average Bonchev–Trinajstić information content (AvgIpc) is 2.69. The minimum atomic E-state index is 0.269. The third-order valence-electron chi connectivity index (χ3n) is 7.81. The molecule has 0 spiro atoms. The number of hydrogen-bond acceptors (Lipinski definition) is 3. The lowest BCUT2D eigenvalue weighted by Gasteiger charge is -2.65. The molecule has 4 aliphatic carbocycles. The summed E-state index contributed by atoms with van der Waals surface area (Å²) >= 11 is 6.65. The number of hydrogen-bond donors (Lipinski definition) is 1. The summed E-state index contributed by atoms with van der Waals surface area (Å²) in [6.07, 6.45) is 8.15. The van der Waals surface area contributed by atoms with Gasteiger partial charge in [-0.05, 0) is 78.5 Å². The lowest BCUT2D eigenvalue weighted by molar-refractivity contribution is -0.118. The molecule has 4 fully saturated rings. The summed E-state index contributed by atoms with van der Waals surface area (Å²) in [5.41, 5.74) is 3.54. The molecule has 0 saturated heterocycles. The third kappa shape index (κ3) is 4.19. The second-order valence-electron chi connectivity index (χ2n) is 11.1. The molecule has 2 aromatic carbocycles. The number of nitrogens with one attached hydrogen (secondary N) is 1. The van der Waals surface area contributed by atoms with Gasteiger partial charge in [-0.15, -0.1) is 0 Å². The van der Waals surface area contributed by atoms with Crippen molar-refractivity contribution in [2.45, 2.75) is 71.1 Å². The van der Waals surface area contributed by atoms with Crippen molar-refractivity contribution in [2.24, 2.45) is 16.7 Å². The molecule has 4 atom stereocenters. The molecular weight excluding hydrogens is 406 g/mol. The summed E-state index contributed by atoms with van der Waals surface area (Å²) in [4.78, 5) is 0. The monoisotopic (exact) mass is 439 g/mol. The lowest BCUT2D eigenvalue weighted by Crippen LogP contribution is -2.63. The summed E-state index contributed by atoms with van der Waals surface area (Å²) in [7, 11) is 1.68. The van der Waals surface area contributed by atoms with E-state index in [0.717, 1.165) is 23.6 Å². The second-order valence-corrected chi connectivity index (χ2v) is 11.6. The first-order chi connectivity index (χ1) is 14.8. The van der Waals surface area contributed by atoms with Crippen LogP contribution < -0.4 is 14.8 Å². The van der Waals surface area contributed by atoms with Crippen LogP contribution in [0.5, 0.6) is 11.5 Å². The van der Waals surface area contributed by atoms with Crippen molar-refractivity contribution in [3.05, 3.63) is 58.6 Å². The van der Waals surface area contributed by atoms with E-state index in [0.29, 0.717) is 34.0 Å². The molecule has 0 radical (unpaired) electrons. The highest BCUT2D eigenvalue weighted by Gasteiger charge is 2.59. The minimum absolute atomic E-state index is 0.269. The molecule has 4 saturated carbocycles. The van der Waals surface area contributed by atoms with E-state index in [4.69, 9.17) is 21.1 Å². The molecule has 2 unspecified atom stereocenters. The first kappa shape index (κ1) is 21.2. The van der Waals surface area contributed by atoms with Crippen molar-refractivity contribution < 1.29 is 9.47 Å². The van der Waals surface area contributed by atoms with Gasteiger partial charge >= 0.3 is 0 Å². The number of methoxy groups -OCH3 is 1. The Morgan fingerprint density at radius 1 is 0.968 bits per heavy atom. The molecule has 4 heteroatoms. The van der Waals surface area contributed by atoms with E-state index >= 15 is 0 Å². The highest BCUT2D eigenvalue weighted by molar-refractivity contribution is 6.32. The molecule has 166 valence electrons. The topological polar surface area (TPSA) is 30.5 Å². The molecule has 0 amide bonds. The van der Waals surface area contributed by atoms with Crippen molar-refractivity contribution in [1.82, 2.24) is 5.32 Å². The number of ether oxygens (including phenoxy) is 2. The number of halogens is 1. The third-order valence-corrected chi connectivity index (χ3v) is 8.09. The van der Waals surface area contributed by atoms with Crippen LogP contribution in [0.25, 0.3) is 0 Å². The Hall–Kier alpha value is -1.71. The summed E-state index contributed by atoms with van der Waals surface area (Å²) in [5, 5.41) is 4.60. The Labute approximate surface area is 191 Å². The van der Waals surface area contributed by atoms with Gasteiger partial charge in [-0.3, -0.25) is 0 Å². The van der Waals surface area contributed by atoms with Crippen molar-refractivity contribution in [3.63, 3.8) is 0 Å². The summed E-state index contributed by atoms with van der Waals surface area (Å²) in [5.74, 6) is 2.20. The molecule has 4 aliphatic rings. The fraction of sp³-hybridized carbons (Fsp3) is 0.556. The summed E-state index contributed by atoms with van der Waals surface area (Å²) < 4.78 is 11.7. The van der Waals surface area contributed by atoms with Gasteiger partial charge in [-0.25, -0.2) is 0 Å².